The first-order valence-corrected chi connectivity index (χ1v) is 14.3. The van der Waals surface area contributed by atoms with Gasteiger partial charge >= 0.3 is 0 Å². The Hall–Kier alpha value is -3.25. The Morgan fingerprint density at radius 1 is 0.725 bits per heavy atom. The lowest BCUT2D eigenvalue weighted by atomic mass is 10.0. The second-order valence-corrected chi connectivity index (χ2v) is 9.79. The highest BCUT2D eigenvalue weighted by Crippen LogP contribution is 2.33. The monoisotopic (exact) mass is 554 g/mol. The standard InChI is InChI=1S/C17H26O3.C17H24O3/c2*1-5-6-7-8-14-11-16(19-3)15(10-9-13(2)18)17(12-14)20-4/h9-13,18H,5-8H2,1-4H3;9-12H,5-8H2,1-4H3/b2*10-9+. The summed E-state index contributed by atoms with van der Waals surface area (Å²) < 4.78 is 21.8. The number of carbonyl (C=O) groups is 1. The van der Waals surface area contributed by atoms with Crippen molar-refractivity contribution in [3.05, 3.63) is 58.7 Å². The van der Waals surface area contributed by atoms with Crippen molar-refractivity contribution in [2.75, 3.05) is 28.4 Å². The predicted molar refractivity (Wildman–Crippen MR) is 166 cm³/mol. The quantitative estimate of drug-likeness (QED) is 0.168. The molecule has 0 aromatic heterocycles. The molecule has 2 aromatic rings. The van der Waals surface area contributed by atoms with Gasteiger partial charge in [0.05, 0.1) is 45.7 Å². The van der Waals surface area contributed by atoms with Crippen molar-refractivity contribution >= 4 is 17.9 Å². The fourth-order valence-corrected chi connectivity index (χ4v) is 4.20. The number of hydrogen-bond acceptors (Lipinski definition) is 6. The van der Waals surface area contributed by atoms with Gasteiger partial charge in [-0.2, -0.15) is 0 Å². The lowest BCUT2D eigenvalue weighted by Crippen LogP contribution is -1.97. The highest BCUT2D eigenvalue weighted by molar-refractivity contribution is 5.92. The minimum atomic E-state index is -0.492. The van der Waals surface area contributed by atoms with E-state index in [9.17, 15) is 9.90 Å². The third kappa shape index (κ3) is 12.3. The van der Waals surface area contributed by atoms with Crippen LogP contribution >= 0.6 is 0 Å². The first-order chi connectivity index (χ1) is 19.2. The maximum Gasteiger partial charge on any atom is 0.152 e. The van der Waals surface area contributed by atoms with Gasteiger partial charge in [0, 0.05) is 0 Å². The normalized spacial score (nSPS) is 11.7. The van der Waals surface area contributed by atoms with Crippen LogP contribution in [0.15, 0.2) is 36.4 Å². The summed E-state index contributed by atoms with van der Waals surface area (Å²) in [4.78, 5) is 11.1. The minimum absolute atomic E-state index is 0.00104. The fourth-order valence-electron chi connectivity index (χ4n) is 4.20. The number of rotatable bonds is 16. The van der Waals surface area contributed by atoms with Gasteiger partial charge < -0.3 is 24.1 Å². The van der Waals surface area contributed by atoms with E-state index in [1.54, 1.807) is 47.5 Å². The van der Waals surface area contributed by atoms with Gasteiger partial charge in [-0.1, -0.05) is 45.6 Å². The number of carbonyl (C=O) groups excluding carboxylic acids is 1. The first-order valence-electron chi connectivity index (χ1n) is 14.3. The molecule has 0 radical (unpaired) electrons. The molecule has 0 fully saturated rings. The fraction of sp³-hybridized carbons (Fsp3) is 0.500. The zero-order chi connectivity index (χ0) is 29.9. The molecule has 0 aliphatic carbocycles. The van der Waals surface area contributed by atoms with Crippen molar-refractivity contribution < 1.29 is 28.8 Å². The van der Waals surface area contributed by atoms with Crippen molar-refractivity contribution in [1.29, 1.82) is 0 Å². The summed E-state index contributed by atoms with van der Waals surface area (Å²) in [5.41, 5.74) is 4.10. The lowest BCUT2D eigenvalue weighted by Gasteiger charge is -2.13. The van der Waals surface area contributed by atoms with E-state index >= 15 is 0 Å². The highest BCUT2D eigenvalue weighted by Gasteiger charge is 2.11. The van der Waals surface area contributed by atoms with Gasteiger partial charge in [0.25, 0.3) is 0 Å². The largest absolute Gasteiger partial charge is 0.496 e. The third-order valence-electron chi connectivity index (χ3n) is 6.37. The molecule has 40 heavy (non-hydrogen) atoms. The highest BCUT2D eigenvalue weighted by atomic mass is 16.5. The Balaban J connectivity index is 0.000000400. The number of aryl methyl sites for hydroxylation is 2. The van der Waals surface area contributed by atoms with E-state index in [2.05, 4.69) is 26.0 Å². The molecule has 6 heteroatoms. The van der Waals surface area contributed by atoms with Crippen LogP contribution in [-0.4, -0.2) is 45.4 Å². The Kier molecular flexibility index (Phi) is 17.2. The van der Waals surface area contributed by atoms with Crippen LogP contribution in [-0.2, 0) is 17.6 Å². The number of ether oxygens (including phenoxy) is 4. The molecule has 1 unspecified atom stereocenters. The number of aliphatic hydroxyl groups excluding tert-OH is 1. The van der Waals surface area contributed by atoms with Crippen LogP contribution in [0.2, 0.25) is 0 Å². The second-order valence-electron chi connectivity index (χ2n) is 9.79. The summed E-state index contributed by atoms with van der Waals surface area (Å²) >= 11 is 0. The van der Waals surface area contributed by atoms with Crippen molar-refractivity contribution in [1.82, 2.24) is 0 Å². The van der Waals surface area contributed by atoms with E-state index in [0.29, 0.717) is 0 Å². The molecule has 222 valence electrons. The number of hydrogen-bond donors (Lipinski definition) is 1. The van der Waals surface area contributed by atoms with Crippen LogP contribution in [0.1, 0.15) is 88.5 Å². The zero-order valence-electron chi connectivity index (χ0n) is 25.8. The zero-order valence-corrected chi connectivity index (χ0v) is 25.8. The number of methoxy groups -OCH3 is 4. The van der Waals surface area contributed by atoms with E-state index in [-0.39, 0.29) is 5.78 Å². The summed E-state index contributed by atoms with van der Waals surface area (Å²) in [6, 6.07) is 8.16. The van der Waals surface area contributed by atoms with Gasteiger partial charge in [-0.25, -0.2) is 0 Å². The minimum Gasteiger partial charge on any atom is -0.496 e. The number of aliphatic hydroxyl groups is 1. The van der Waals surface area contributed by atoms with Crippen LogP contribution < -0.4 is 18.9 Å². The van der Waals surface area contributed by atoms with Crippen molar-refractivity contribution in [2.24, 2.45) is 0 Å². The molecule has 0 amide bonds. The first kappa shape index (κ1) is 34.8. The lowest BCUT2D eigenvalue weighted by molar-refractivity contribution is -0.112. The van der Waals surface area contributed by atoms with Crippen LogP contribution in [0.5, 0.6) is 23.0 Å². The molecular formula is C34H50O6. The molecule has 2 rings (SSSR count). The topological polar surface area (TPSA) is 74.2 Å². The Morgan fingerprint density at radius 2 is 1.10 bits per heavy atom. The second kappa shape index (κ2) is 19.8. The van der Waals surface area contributed by atoms with Crippen LogP contribution in [0, 0.1) is 0 Å². The molecule has 0 bridgehead atoms. The number of ketones is 1. The molecule has 6 nitrogen and oxygen atoms in total. The van der Waals surface area contributed by atoms with Gasteiger partial charge in [-0.05, 0) is 93.2 Å². The van der Waals surface area contributed by atoms with Gasteiger partial charge in [-0.15, -0.1) is 0 Å². The Morgan fingerprint density at radius 3 is 1.40 bits per heavy atom. The van der Waals surface area contributed by atoms with Crippen LogP contribution in [0.3, 0.4) is 0 Å². The third-order valence-corrected chi connectivity index (χ3v) is 6.37. The van der Waals surface area contributed by atoms with E-state index in [1.807, 2.05) is 18.2 Å². The number of unbranched alkanes of at least 4 members (excludes halogenated alkanes) is 4. The summed E-state index contributed by atoms with van der Waals surface area (Å²) in [6.45, 7) is 7.63. The number of allylic oxidation sites excluding steroid dienone is 1. The Labute approximate surface area is 242 Å². The molecule has 0 aliphatic heterocycles. The molecule has 0 spiro atoms. The van der Waals surface area contributed by atoms with Crippen LogP contribution in [0.4, 0.5) is 0 Å². The molecule has 0 heterocycles. The van der Waals surface area contributed by atoms with Crippen LogP contribution in [0.25, 0.3) is 12.2 Å². The molecule has 1 atom stereocenters. The van der Waals surface area contributed by atoms with Crippen molar-refractivity contribution in [3.8, 4) is 23.0 Å². The molecule has 0 saturated heterocycles. The predicted octanol–water partition coefficient (Wildman–Crippen LogP) is 7.87. The summed E-state index contributed by atoms with van der Waals surface area (Å²) in [6.07, 6.45) is 15.6. The summed E-state index contributed by atoms with van der Waals surface area (Å²) in [5, 5.41) is 9.37. The van der Waals surface area contributed by atoms with E-state index in [0.717, 1.165) is 53.4 Å². The molecule has 1 N–H and O–H groups in total. The maximum absolute atomic E-state index is 11.1. The van der Waals surface area contributed by atoms with Gasteiger partial charge in [0.15, 0.2) is 5.78 Å². The molecule has 2 aromatic carbocycles. The van der Waals surface area contributed by atoms with Gasteiger partial charge in [-0.3, -0.25) is 4.79 Å². The van der Waals surface area contributed by atoms with Crippen molar-refractivity contribution in [2.45, 2.75) is 85.2 Å². The van der Waals surface area contributed by atoms with Crippen molar-refractivity contribution in [3.63, 3.8) is 0 Å². The summed E-state index contributed by atoms with van der Waals surface area (Å²) in [5.74, 6) is 3.06. The number of benzene rings is 2. The van der Waals surface area contributed by atoms with E-state index < -0.39 is 6.10 Å². The molecular weight excluding hydrogens is 504 g/mol. The van der Waals surface area contributed by atoms with Gasteiger partial charge in [0.2, 0.25) is 0 Å². The van der Waals surface area contributed by atoms with E-state index in [4.69, 9.17) is 18.9 Å². The average Bonchev–Trinajstić information content (AvgIpc) is 2.95. The SMILES string of the molecule is CCCCCc1cc(OC)c(/C=C/C(C)=O)c(OC)c1.CCCCCc1cc(OC)c(/C=C/C(C)O)c(OC)c1. The molecule has 0 saturated carbocycles. The smallest absolute Gasteiger partial charge is 0.152 e. The van der Waals surface area contributed by atoms with Gasteiger partial charge in [0.1, 0.15) is 23.0 Å². The average molecular weight is 555 g/mol. The maximum atomic E-state index is 11.1. The summed E-state index contributed by atoms with van der Waals surface area (Å²) in [7, 11) is 6.58. The molecule has 0 aliphatic rings. The van der Waals surface area contributed by atoms with E-state index in [1.165, 1.54) is 56.2 Å². The Bertz CT molecular complexity index is 1030.